The van der Waals surface area contributed by atoms with Gasteiger partial charge in [0.05, 0.1) is 0 Å². The van der Waals surface area contributed by atoms with Crippen molar-refractivity contribution in [2.24, 2.45) is 11.7 Å². The van der Waals surface area contributed by atoms with Crippen LogP contribution < -0.4 is 5.73 Å². The largest absolute Gasteiger partial charge is 0.343 e. The van der Waals surface area contributed by atoms with Gasteiger partial charge in [0.25, 0.3) is 0 Å². The maximum absolute atomic E-state index is 12.4. The first-order chi connectivity index (χ1) is 10.6. The van der Waals surface area contributed by atoms with Gasteiger partial charge in [-0.05, 0) is 49.5 Å². The zero-order chi connectivity index (χ0) is 15.6. The van der Waals surface area contributed by atoms with Crippen molar-refractivity contribution in [1.29, 1.82) is 0 Å². The number of carbonyl (C=O) groups is 1. The van der Waals surface area contributed by atoms with Gasteiger partial charge in [-0.15, -0.1) is 0 Å². The van der Waals surface area contributed by atoms with Crippen LogP contribution >= 0.6 is 0 Å². The summed E-state index contributed by atoms with van der Waals surface area (Å²) in [4.78, 5) is 14.5. The average Bonchev–Trinajstić information content (AvgIpc) is 2.52. The van der Waals surface area contributed by atoms with E-state index in [1.807, 2.05) is 4.90 Å². The molecule has 1 heterocycles. The highest BCUT2D eigenvalue weighted by atomic mass is 16.2. The molecule has 3 nitrogen and oxygen atoms in total. The van der Waals surface area contributed by atoms with Crippen LogP contribution in [-0.4, -0.2) is 29.4 Å². The van der Waals surface area contributed by atoms with Gasteiger partial charge in [-0.1, -0.05) is 37.3 Å². The number of amides is 1. The van der Waals surface area contributed by atoms with E-state index in [2.05, 4.69) is 37.3 Å². The van der Waals surface area contributed by atoms with Crippen molar-refractivity contribution in [3.8, 4) is 0 Å². The van der Waals surface area contributed by atoms with Crippen molar-refractivity contribution in [2.45, 2.75) is 56.9 Å². The second-order valence-corrected chi connectivity index (χ2v) is 7.25. The second kappa shape index (κ2) is 6.41. The number of benzene rings is 1. The van der Waals surface area contributed by atoms with Crippen molar-refractivity contribution in [3.63, 3.8) is 0 Å². The third-order valence-electron chi connectivity index (χ3n) is 5.79. The summed E-state index contributed by atoms with van der Waals surface area (Å²) in [6, 6.07) is 10.7. The first-order valence-corrected chi connectivity index (χ1v) is 8.71. The molecule has 1 aliphatic carbocycles. The van der Waals surface area contributed by atoms with E-state index in [0.717, 1.165) is 38.8 Å². The quantitative estimate of drug-likeness (QED) is 0.927. The third-order valence-corrected chi connectivity index (χ3v) is 5.79. The predicted octanol–water partition coefficient (Wildman–Crippen LogP) is 3.30. The van der Waals surface area contributed by atoms with Crippen molar-refractivity contribution in [3.05, 3.63) is 35.9 Å². The third kappa shape index (κ3) is 3.35. The molecule has 120 valence electrons. The lowest BCUT2D eigenvalue weighted by atomic mass is 9.70. The Kier molecular flexibility index (Phi) is 4.53. The normalized spacial score (nSPS) is 27.3. The van der Waals surface area contributed by atoms with Gasteiger partial charge in [0, 0.05) is 25.0 Å². The van der Waals surface area contributed by atoms with E-state index >= 15 is 0 Å². The molecule has 1 saturated heterocycles. The SMILES string of the molecule is CCC1(N)CCN(C(=O)CC2CC(c3ccccc3)C2)CC1. The van der Waals surface area contributed by atoms with Gasteiger partial charge in [-0.25, -0.2) is 0 Å². The molecule has 22 heavy (non-hydrogen) atoms. The van der Waals surface area contributed by atoms with E-state index in [9.17, 15) is 4.79 Å². The summed E-state index contributed by atoms with van der Waals surface area (Å²) >= 11 is 0. The van der Waals surface area contributed by atoms with E-state index in [-0.39, 0.29) is 5.54 Å². The Hall–Kier alpha value is -1.35. The maximum Gasteiger partial charge on any atom is 0.222 e. The molecule has 0 spiro atoms. The van der Waals surface area contributed by atoms with Crippen molar-refractivity contribution in [2.75, 3.05) is 13.1 Å². The van der Waals surface area contributed by atoms with Crippen LogP contribution in [0.15, 0.2) is 30.3 Å². The Morgan fingerprint density at radius 2 is 1.86 bits per heavy atom. The van der Waals surface area contributed by atoms with Gasteiger partial charge < -0.3 is 10.6 Å². The summed E-state index contributed by atoms with van der Waals surface area (Å²) < 4.78 is 0. The lowest BCUT2D eigenvalue weighted by molar-refractivity contribution is -0.134. The molecule has 3 heteroatoms. The monoisotopic (exact) mass is 300 g/mol. The molecule has 0 atom stereocenters. The molecule has 1 amide bonds. The number of likely N-dealkylation sites (tertiary alicyclic amines) is 1. The molecule has 2 aliphatic rings. The summed E-state index contributed by atoms with van der Waals surface area (Å²) in [5, 5.41) is 0. The van der Waals surface area contributed by atoms with Crippen molar-refractivity contribution in [1.82, 2.24) is 4.90 Å². The first-order valence-electron chi connectivity index (χ1n) is 8.71. The van der Waals surface area contributed by atoms with Crippen LogP contribution in [0.4, 0.5) is 0 Å². The average molecular weight is 300 g/mol. The highest BCUT2D eigenvalue weighted by Crippen LogP contribution is 2.43. The van der Waals surface area contributed by atoms with Crippen LogP contribution in [0.3, 0.4) is 0 Å². The molecular weight excluding hydrogens is 272 g/mol. The number of rotatable bonds is 4. The Morgan fingerprint density at radius 1 is 1.23 bits per heavy atom. The molecule has 2 N–H and O–H groups in total. The highest BCUT2D eigenvalue weighted by molar-refractivity contribution is 5.76. The van der Waals surface area contributed by atoms with Crippen LogP contribution in [0, 0.1) is 5.92 Å². The molecule has 2 fully saturated rings. The van der Waals surface area contributed by atoms with Crippen molar-refractivity contribution < 1.29 is 4.79 Å². The van der Waals surface area contributed by atoms with Gasteiger partial charge in [0.2, 0.25) is 5.91 Å². The summed E-state index contributed by atoms with van der Waals surface area (Å²) in [5.41, 5.74) is 7.70. The number of hydrogen-bond donors (Lipinski definition) is 1. The van der Waals surface area contributed by atoms with E-state index in [4.69, 9.17) is 5.73 Å². The molecular formula is C19H28N2O. The predicted molar refractivity (Wildman–Crippen MR) is 89.5 cm³/mol. The number of piperidine rings is 1. The molecule has 3 rings (SSSR count). The number of nitrogens with two attached hydrogens (primary N) is 1. The minimum absolute atomic E-state index is 0.0361. The molecule has 0 bridgehead atoms. The molecule has 1 saturated carbocycles. The summed E-state index contributed by atoms with van der Waals surface area (Å²) in [7, 11) is 0. The lowest BCUT2D eigenvalue weighted by Gasteiger charge is -2.41. The van der Waals surface area contributed by atoms with Crippen LogP contribution in [0.2, 0.25) is 0 Å². The summed E-state index contributed by atoms with van der Waals surface area (Å²) in [6.45, 7) is 3.84. The van der Waals surface area contributed by atoms with Gasteiger partial charge in [0.15, 0.2) is 0 Å². The van der Waals surface area contributed by atoms with Crippen molar-refractivity contribution >= 4 is 5.91 Å². The molecule has 1 aromatic carbocycles. The topological polar surface area (TPSA) is 46.3 Å². The number of hydrogen-bond acceptors (Lipinski definition) is 2. The van der Waals surface area contributed by atoms with E-state index in [1.54, 1.807) is 0 Å². The summed E-state index contributed by atoms with van der Waals surface area (Å²) in [5.74, 6) is 1.58. The molecule has 1 aromatic rings. The van der Waals surface area contributed by atoms with Crippen LogP contribution in [-0.2, 0) is 4.79 Å². The van der Waals surface area contributed by atoms with Gasteiger partial charge in [-0.2, -0.15) is 0 Å². The minimum atomic E-state index is -0.0361. The fourth-order valence-electron chi connectivity index (χ4n) is 3.83. The molecule has 0 aromatic heterocycles. The zero-order valence-corrected chi connectivity index (χ0v) is 13.6. The van der Waals surface area contributed by atoms with Crippen LogP contribution in [0.5, 0.6) is 0 Å². The highest BCUT2D eigenvalue weighted by Gasteiger charge is 2.35. The second-order valence-electron chi connectivity index (χ2n) is 7.25. The molecule has 0 unspecified atom stereocenters. The summed E-state index contributed by atoms with van der Waals surface area (Å²) in [6.07, 6.45) is 5.97. The molecule has 1 aliphatic heterocycles. The van der Waals surface area contributed by atoms with Gasteiger partial charge in [0.1, 0.15) is 0 Å². The fourth-order valence-corrected chi connectivity index (χ4v) is 3.83. The Balaban J connectivity index is 1.43. The fraction of sp³-hybridized carbons (Fsp3) is 0.632. The molecule has 0 radical (unpaired) electrons. The zero-order valence-electron chi connectivity index (χ0n) is 13.6. The van der Waals surface area contributed by atoms with E-state index < -0.39 is 0 Å². The number of carbonyl (C=O) groups excluding carboxylic acids is 1. The van der Waals surface area contributed by atoms with E-state index in [1.165, 1.54) is 18.4 Å². The first kappa shape index (κ1) is 15.5. The Labute approximate surface area is 133 Å². The van der Waals surface area contributed by atoms with E-state index in [0.29, 0.717) is 17.7 Å². The lowest BCUT2D eigenvalue weighted by Crippen LogP contribution is -2.51. The van der Waals surface area contributed by atoms with Crippen LogP contribution in [0.1, 0.15) is 56.9 Å². The Morgan fingerprint density at radius 3 is 2.45 bits per heavy atom. The van der Waals surface area contributed by atoms with Gasteiger partial charge >= 0.3 is 0 Å². The number of nitrogens with zero attached hydrogens (tertiary/aromatic N) is 1. The standard InChI is InChI=1S/C19H28N2O/c1-2-19(20)8-10-21(11-9-19)18(22)14-15-12-17(13-15)16-6-4-3-5-7-16/h3-7,15,17H,2,8-14,20H2,1H3. The maximum atomic E-state index is 12.4. The van der Waals surface area contributed by atoms with Crippen LogP contribution in [0.25, 0.3) is 0 Å². The van der Waals surface area contributed by atoms with Gasteiger partial charge in [-0.3, -0.25) is 4.79 Å². The minimum Gasteiger partial charge on any atom is -0.343 e. The smallest absolute Gasteiger partial charge is 0.222 e. The Bertz CT molecular complexity index is 499.